The number of amides is 1. The smallest absolute Gasteiger partial charge is 0.271 e. The van der Waals surface area contributed by atoms with Crippen LogP contribution in [0.2, 0.25) is 5.02 Å². The minimum atomic E-state index is -0.274. The molecule has 1 amide bonds. The van der Waals surface area contributed by atoms with Crippen molar-refractivity contribution in [3.05, 3.63) is 22.8 Å². The number of anilines is 1. The molecule has 1 fully saturated rings. The van der Waals surface area contributed by atoms with Gasteiger partial charge in [-0.3, -0.25) is 4.79 Å². The molecule has 0 spiro atoms. The summed E-state index contributed by atoms with van der Waals surface area (Å²) < 4.78 is 0. The van der Waals surface area contributed by atoms with Crippen LogP contribution in [0.4, 0.5) is 5.82 Å². The third-order valence-corrected chi connectivity index (χ3v) is 3.50. The fourth-order valence-electron chi connectivity index (χ4n) is 2.31. The molecule has 6 heteroatoms. The van der Waals surface area contributed by atoms with E-state index in [0.29, 0.717) is 10.8 Å². The molecule has 1 aliphatic heterocycles. The topological polar surface area (TPSA) is 71.2 Å². The van der Waals surface area contributed by atoms with E-state index in [1.165, 1.54) is 12.8 Å². The largest absolute Gasteiger partial charge is 0.384 e. The summed E-state index contributed by atoms with van der Waals surface area (Å²) in [5.41, 5.74) is 5.76. The normalized spacial score (nSPS) is 17.4. The summed E-state index contributed by atoms with van der Waals surface area (Å²) in [5.74, 6) is 0.0192. The maximum absolute atomic E-state index is 12.1. The average molecular weight is 283 g/mol. The lowest BCUT2D eigenvalue weighted by Crippen LogP contribution is -2.41. The number of halogens is 1. The Kier molecular flexibility index (Phi) is 4.61. The summed E-state index contributed by atoms with van der Waals surface area (Å²) >= 11 is 5.96. The summed E-state index contributed by atoms with van der Waals surface area (Å²) in [6, 6.07) is 3.22. The molecule has 1 unspecified atom stereocenters. The number of hydrogen-bond acceptors (Lipinski definition) is 4. The third-order valence-electron chi connectivity index (χ3n) is 3.19. The highest BCUT2D eigenvalue weighted by atomic mass is 35.5. The number of pyridine rings is 1. The van der Waals surface area contributed by atoms with Gasteiger partial charge in [0.25, 0.3) is 5.91 Å². The third kappa shape index (κ3) is 3.81. The number of carbonyl (C=O) groups excluding carboxylic acids is 1. The zero-order valence-corrected chi connectivity index (χ0v) is 11.8. The van der Waals surface area contributed by atoms with E-state index in [9.17, 15) is 4.79 Å². The molecular formula is C13H19ClN4O. The molecular weight excluding hydrogens is 264 g/mol. The Balaban J connectivity index is 1.94. The number of nitrogens with zero attached hydrogens (tertiary/aromatic N) is 2. The van der Waals surface area contributed by atoms with Gasteiger partial charge < -0.3 is 16.0 Å². The number of hydrogen-bond donors (Lipinski definition) is 2. The quantitative estimate of drug-likeness (QED) is 0.879. The summed E-state index contributed by atoms with van der Waals surface area (Å²) in [7, 11) is 0. The summed E-state index contributed by atoms with van der Waals surface area (Å²) in [6.45, 7) is 5.05. The van der Waals surface area contributed by atoms with Gasteiger partial charge in [0.2, 0.25) is 0 Å². The van der Waals surface area contributed by atoms with Gasteiger partial charge in [0, 0.05) is 12.6 Å². The van der Waals surface area contributed by atoms with E-state index in [-0.39, 0.29) is 17.6 Å². The number of likely N-dealkylation sites (tertiary alicyclic amines) is 1. The Hall–Kier alpha value is -1.33. The van der Waals surface area contributed by atoms with Crippen LogP contribution in [-0.2, 0) is 0 Å². The van der Waals surface area contributed by atoms with Crippen LogP contribution >= 0.6 is 11.6 Å². The van der Waals surface area contributed by atoms with Crippen LogP contribution in [0.3, 0.4) is 0 Å². The summed E-state index contributed by atoms with van der Waals surface area (Å²) in [6.07, 6.45) is 2.48. The Morgan fingerprint density at radius 3 is 2.89 bits per heavy atom. The number of carbonyl (C=O) groups is 1. The number of nitrogens with one attached hydrogen (secondary N) is 1. The highest BCUT2D eigenvalue weighted by molar-refractivity contribution is 6.33. The minimum absolute atomic E-state index is 0.0601. The van der Waals surface area contributed by atoms with E-state index in [0.717, 1.165) is 19.6 Å². The van der Waals surface area contributed by atoms with E-state index < -0.39 is 0 Å². The van der Waals surface area contributed by atoms with Crippen molar-refractivity contribution >= 4 is 23.3 Å². The fraction of sp³-hybridized carbons (Fsp3) is 0.538. The molecule has 5 nitrogen and oxygen atoms in total. The molecule has 19 heavy (non-hydrogen) atoms. The van der Waals surface area contributed by atoms with Crippen molar-refractivity contribution in [2.75, 3.05) is 25.4 Å². The first-order chi connectivity index (χ1) is 9.06. The molecule has 104 valence electrons. The van der Waals surface area contributed by atoms with Gasteiger partial charge in [0.15, 0.2) is 0 Å². The minimum Gasteiger partial charge on any atom is -0.384 e. The predicted octanol–water partition coefficient (Wildman–Crippen LogP) is 1.53. The van der Waals surface area contributed by atoms with Crippen LogP contribution in [0.25, 0.3) is 0 Å². The van der Waals surface area contributed by atoms with Crippen molar-refractivity contribution in [2.24, 2.45) is 0 Å². The van der Waals surface area contributed by atoms with E-state index in [1.54, 1.807) is 12.1 Å². The van der Waals surface area contributed by atoms with Gasteiger partial charge in [-0.25, -0.2) is 4.98 Å². The van der Waals surface area contributed by atoms with E-state index in [4.69, 9.17) is 17.3 Å². The molecule has 0 radical (unpaired) electrons. The number of rotatable bonds is 4. The molecule has 2 rings (SSSR count). The zero-order valence-electron chi connectivity index (χ0n) is 11.0. The first-order valence-corrected chi connectivity index (χ1v) is 6.89. The van der Waals surface area contributed by atoms with E-state index in [2.05, 4.69) is 15.2 Å². The molecule has 0 aromatic carbocycles. The van der Waals surface area contributed by atoms with Crippen LogP contribution in [0.1, 0.15) is 30.3 Å². The van der Waals surface area contributed by atoms with E-state index >= 15 is 0 Å². The van der Waals surface area contributed by atoms with Crippen molar-refractivity contribution in [1.29, 1.82) is 0 Å². The molecule has 1 aliphatic rings. The fourth-order valence-corrected chi connectivity index (χ4v) is 2.50. The van der Waals surface area contributed by atoms with Gasteiger partial charge in [-0.15, -0.1) is 0 Å². The second kappa shape index (κ2) is 6.21. The van der Waals surface area contributed by atoms with Gasteiger partial charge in [-0.1, -0.05) is 11.6 Å². The average Bonchev–Trinajstić information content (AvgIpc) is 2.84. The molecule has 0 bridgehead atoms. The highest BCUT2D eigenvalue weighted by Crippen LogP contribution is 2.15. The first-order valence-electron chi connectivity index (χ1n) is 6.51. The summed E-state index contributed by atoms with van der Waals surface area (Å²) in [4.78, 5) is 18.4. The van der Waals surface area contributed by atoms with Crippen LogP contribution in [0.15, 0.2) is 12.1 Å². The second-order valence-electron chi connectivity index (χ2n) is 4.95. The second-order valence-corrected chi connectivity index (χ2v) is 5.36. The molecule has 1 saturated heterocycles. The Bertz CT molecular complexity index is 460. The summed E-state index contributed by atoms with van der Waals surface area (Å²) in [5, 5.41) is 3.23. The molecule has 1 atom stereocenters. The van der Waals surface area contributed by atoms with Crippen LogP contribution in [-0.4, -0.2) is 41.5 Å². The van der Waals surface area contributed by atoms with Crippen molar-refractivity contribution in [3.8, 4) is 0 Å². The predicted molar refractivity (Wildman–Crippen MR) is 76.3 cm³/mol. The molecule has 1 aromatic rings. The van der Waals surface area contributed by atoms with Gasteiger partial charge >= 0.3 is 0 Å². The number of aromatic nitrogens is 1. The molecule has 1 aromatic heterocycles. The van der Waals surface area contributed by atoms with E-state index in [1.807, 2.05) is 6.92 Å². The lowest BCUT2D eigenvalue weighted by molar-refractivity contribution is 0.0927. The van der Waals surface area contributed by atoms with Gasteiger partial charge in [0.05, 0.1) is 5.02 Å². The van der Waals surface area contributed by atoms with Gasteiger partial charge in [-0.2, -0.15) is 0 Å². The van der Waals surface area contributed by atoms with Crippen LogP contribution in [0.5, 0.6) is 0 Å². The number of nitrogen functional groups attached to an aromatic ring is 1. The highest BCUT2D eigenvalue weighted by Gasteiger charge is 2.18. The monoisotopic (exact) mass is 282 g/mol. The molecule has 0 aliphatic carbocycles. The van der Waals surface area contributed by atoms with Crippen molar-refractivity contribution < 1.29 is 4.79 Å². The Morgan fingerprint density at radius 1 is 1.53 bits per heavy atom. The maximum Gasteiger partial charge on any atom is 0.271 e. The van der Waals surface area contributed by atoms with Crippen molar-refractivity contribution in [2.45, 2.75) is 25.8 Å². The Morgan fingerprint density at radius 2 is 2.21 bits per heavy atom. The molecule has 2 heterocycles. The van der Waals surface area contributed by atoms with Gasteiger partial charge in [-0.05, 0) is 45.0 Å². The SMILES string of the molecule is CC(CN1CCCC1)NC(=O)c1nc(N)ccc1Cl. The first kappa shape index (κ1) is 14.1. The van der Waals surface area contributed by atoms with Crippen molar-refractivity contribution in [1.82, 2.24) is 15.2 Å². The molecule has 3 N–H and O–H groups in total. The zero-order chi connectivity index (χ0) is 13.8. The van der Waals surface area contributed by atoms with Crippen LogP contribution < -0.4 is 11.1 Å². The van der Waals surface area contributed by atoms with Crippen LogP contribution in [0, 0.1) is 0 Å². The standard InChI is InChI=1S/C13H19ClN4O/c1-9(8-18-6-2-3-7-18)16-13(19)12-10(14)4-5-11(15)17-12/h4-5,9H,2-3,6-8H2,1H3,(H2,15,17)(H,16,19). The lowest BCUT2D eigenvalue weighted by atomic mass is 10.2. The molecule has 0 saturated carbocycles. The number of nitrogens with two attached hydrogens (primary N) is 1. The Labute approximate surface area is 118 Å². The lowest BCUT2D eigenvalue weighted by Gasteiger charge is -2.21. The van der Waals surface area contributed by atoms with Gasteiger partial charge in [0.1, 0.15) is 11.5 Å². The maximum atomic E-state index is 12.1. The van der Waals surface area contributed by atoms with Crippen molar-refractivity contribution in [3.63, 3.8) is 0 Å².